The van der Waals surface area contributed by atoms with Gasteiger partial charge in [0.2, 0.25) is 0 Å². The van der Waals surface area contributed by atoms with Gasteiger partial charge >= 0.3 is 0 Å². The smallest absolute Gasteiger partial charge is 0.00695 e. The molecular formula is C14H29N. The van der Waals surface area contributed by atoms with Crippen LogP contribution in [-0.2, 0) is 0 Å². The first-order valence-corrected chi connectivity index (χ1v) is 7.04. The third-order valence-corrected chi connectivity index (χ3v) is 3.88. The van der Waals surface area contributed by atoms with Gasteiger partial charge in [-0.15, -0.1) is 0 Å². The summed E-state index contributed by atoms with van der Waals surface area (Å²) in [5, 5.41) is 3.86. The van der Waals surface area contributed by atoms with Crippen molar-refractivity contribution in [1.82, 2.24) is 5.32 Å². The molecule has 0 unspecified atom stereocenters. The highest BCUT2D eigenvalue weighted by Crippen LogP contribution is 2.28. The van der Waals surface area contributed by atoms with Crippen LogP contribution in [0.5, 0.6) is 0 Å². The van der Waals surface area contributed by atoms with Crippen LogP contribution in [0.1, 0.15) is 72.1 Å². The molecule has 1 aliphatic carbocycles. The van der Waals surface area contributed by atoms with E-state index < -0.39 is 0 Å². The highest BCUT2D eigenvalue weighted by atomic mass is 14.9. The molecule has 0 aromatic heterocycles. The van der Waals surface area contributed by atoms with Gasteiger partial charge in [-0.2, -0.15) is 0 Å². The molecule has 15 heavy (non-hydrogen) atoms. The summed E-state index contributed by atoms with van der Waals surface area (Å²) in [5.74, 6) is 0.959. The fourth-order valence-electron chi connectivity index (χ4n) is 2.97. The number of hydrogen-bond acceptors (Lipinski definition) is 1. The maximum Gasteiger partial charge on any atom is 0.00695 e. The fraction of sp³-hybridized carbons (Fsp3) is 1.00. The Bertz CT molecular complexity index is 143. The van der Waals surface area contributed by atoms with Gasteiger partial charge < -0.3 is 5.32 Å². The monoisotopic (exact) mass is 211 g/mol. The molecule has 0 spiro atoms. The maximum absolute atomic E-state index is 3.86. The number of rotatable bonds is 7. The zero-order valence-corrected chi connectivity index (χ0v) is 10.9. The largest absolute Gasteiger partial charge is 0.311 e. The van der Waals surface area contributed by atoms with Gasteiger partial charge in [-0.25, -0.2) is 0 Å². The van der Waals surface area contributed by atoms with Crippen LogP contribution in [-0.4, -0.2) is 12.1 Å². The van der Waals surface area contributed by atoms with E-state index in [-0.39, 0.29) is 0 Å². The SMILES string of the molecule is CCCC(CCC)N[C@@H](C)C1CCCC1. The first-order valence-electron chi connectivity index (χ1n) is 7.04. The van der Waals surface area contributed by atoms with Gasteiger partial charge in [0.1, 0.15) is 0 Å². The second kappa shape index (κ2) is 7.27. The van der Waals surface area contributed by atoms with Crippen molar-refractivity contribution in [2.24, 2.45) is 5.92 Å². The Kier molecular flexibility index (Phi) is 6.31. The number of hydrogen-bond donors (Lipinski definition) is 1. The van der Waals surface area contributed by atoms with Gasteiger partial charge in [0, 0.05) is 12.1 Å². The summed E-state index contributed by atoms with van der Waals surface area (Å²) in [7, 11) is 0. The van der Waals surface area contributed by atoms with E-state index in [1.807, 2.05) is 0 Å². The van der Waals surface area contributed by atoms with Gasteiger partial charge in [0.05, 0.1) is 0 Å². The Hall–Kier alpha value is -0.0400. The molecule has 0 aliphatic heterocycles. The molecule has 0 aromatic carbocycles. The maximum atomic E-state index is 3.86. The van der Waals surface area contributed by atoms with Crippen LogP contribution in [0.3, 0.4) is 0 Å². The van der Waals surface area contributed by atoms with Crippen molar-refractivity contribution < 1.29 is 0 Å². The molecule has 1 heteroatoms. The summed E-state index contributed by atoms with van der Waals surface area (Å²) < 4.78 is 0. The molecule has 0 heterocycles. The van der Waals surface area contributed by atoms with Crippen LogP contribution in [0.2, 0.25) is 0 Å². The average molecular weight is 211 g/mol. The van der Waals surface area contributed by atoms with Gasteiger partial charge in [-0.3, -0.25) is 0 Å². The second-order valence-corrected chi connectivity index (χ2v) is 5.27. The molecule has 0 amide bonds. The Morgan fingerprint density at radius 3 is 2.07 bits per heavy atom. The van der Waals surface area contributed by atoms with E-state index >= 15 is 0 Å². The topological polar surface area (TPSA) is 12.0 Å². The zero-order chi connectivity index (χ0) is 11.1. The molecule has 1 aliphatic rings. The lowest BCUT2D eigenvalue weighted by atomic mass is 9.97. The van der Waals surface area contributed by atoms with Gasteiger partial charge in [0.25, 0.3) is 0 Å². The normalized spacial score (nSPS) is 20.0. The van der Waals surface area contributed by atoms with Crippen molar-refractivity contribution in [1.29, 1.82) is 0 Å². The highest BCUT2D eigenvalue weighted by molar-refractivity contribution is 4.80. The Morgan fingerprint density at radius 2 is 1.60 bits per heavy atom. The average Bonchev–Trinajstić information content (AvgIpc) is 2.71. The molecule has 1 nitrogen and oxygen atoms in total. The zero-order valence-electron chi connectivity index (χ0n) is 10.9. The summed E-state index contributed by atoms with van der Waals surface area (Å²) in [6, 6.07) is 1.52. The van der Waals surface area contributed by atoms with Crippen LogP contribution in [0.15, 0.2) is 0 Å². The van der Waals surface area contributed by atoms with Crippen LogP contribution in [0, 0.1) is 5.92 Å². The van der Waals surface area contributed by atoms with Crippen LogP contribution in [0.4, 0.5) is 0 Å². The molecule has 1 rings (SSSR count). The van der Waals surface area contributed by atoms with Crippen LogP contribution >= 0.6 is 0 Å². The van der Waals surface area contributed by atoms with Crippen molar-refractivity contribution in [3.05, 3.63) is 0 Å². The predicted octanol–water partition coefficient (Wildman–Crippen LogP) is 4.12. The first kappa shape index (κ1) is 13.0. The third-order valence-electron chi connectivity index (χ3n) is 3.88. The van der Waals surface area contributed by atoms with Crippen molar-refractivity contribution in [2.45, 2.75) is 84.2 Å². The molecule has 1 fully saturated rings. The summed E-state index contributed by atoms with van der Waals surface area (Å²) in [6.45, 7) is 6.99. The quantitative estimate of drug-likeness (QED) is 0.668. The van der Waals surface area contributed by atoms with E-state index in [9.17, 15) is 0 Å². The summed E-state index contributed by atoms with van der Waals surface area (Å²) >= 11 is 0. The molecule has 0 aromatic rings. The predicted molar refractivity (Wildman–Crippen MR) is 68.2 cm³/mol. The Labute approximate surface area is 96.0 Å². The van der Waals surface area contributed by atoms with Gasteiger partial charge in [-0.1, -0.05) is 39.5 Å². The molecule has 1 saturated carbocycles. The minimum absolute atomic E-state index is 0.746. The lowest BCUT2D eigenvalue weighted by Crippen LogP contribution is -2.40. The molecule has 0 bridgehead atoms. The summed E-state index contributed by atoms with van der Waals surface area (Å²) in [6.07, 6.45) is 11.2. The molecule has 90 valence electrons. The minimum atomic E-state index is 0.746. The van der Waals surface area contributed by atoms with Crippen molar-refractivity contribution in [2.75, 3.05) is 0 Å². The highest BCUT2D eigenvalue weighted by Gasteiger charge is 2.22. The van der Waals surface area contributed by atoms with E-state index in [1.54, 1.807) is 0 Å². The van der Waals surface area contributed by atoms with E-state index in [0.717, 1.165) is 18.0 Å². The Balaban J connectivity index is 2.28. The molecule has 0 saturated heterocycles. The van der Waals surface area contributed by atoms with Gasteiger partial charge in [-0.05, 0) is 38.5 Å². The molecule has 0 radical (unpaired) electrons. The third kappa shape index (κ3) is 4.55. The lowest BCUT2D eigenvalue weighted by Gasteiger charge is -2.26. The summed E-state index contributed by atoms with van der Waals surface area (Å²) in [5.41, 5.74) is 0. The second-order valence-electron chi connectivity index (χ2n) is 5.27. The Morgan fingerprint density at radius 1 is 1.07 bits per heavy atom. The van der Waals surface area contributed by atoms with E-state index in [2.05, 4.69) is 26.1 Å². The standard InChI is InChI=1S/C14H29N/c1-4-8-14(9-5-2)15-12(3)13-10-6-7-11-13/h12-15H,4-11H2,1-3H3/t12-/m0/s1. The number of nitrogens with one attached hydrogen (secondary N) is 1. The van der Waals surface area contributed by atoms with Crippen molar-refractivity contribution >= 4 is 0 Å². The fourth-order valence-corrected chi connectivity index (χ4v) is 2.97. The van der Waals surface area contributed by atoms with E-state index in [1.165, 1.54) is 51.4 Å². The lowest BCUT2D eigenvalue weighted by molar-refractivity contribution is 0.319. The van der Waals surface area contributed by atoms with Crippen LogP contribution in [0.25, 0.3) is 0 Å². The van der Waals surface area contributed by atoms with Gasteiger partial charge in [0.15, 0.2) is 0 Å². The first-order chi connectivity index (χ1) is 7.27. The molecule has 1 N–H and O–H groups in total. The van der Waals surface area contributed by atoms with E-state index in [0.29, 0.717) is 0 Å². The minimum Gasteiger partial charge on any atom is -0.311 e. The van der Waals surface area contributed by atoms with Crippen molar-refractivity contribution in [3.63, 3.8) is 0 Å². The van der Waals surface area contributed by atoms with Crippen LogP contribution < -0.4 is 5.32 Å². The molecular weight excluding hydrogens is 182 g/mol. The van der Waals surface area contributed by atoms with E-state index in [4.69, 9.17) is 0 Å². The van der Waals surface area contributed by atoms with Crippen molar-refractivity contribution in [3.8, 4) is 0 Å². The summed E-state index contributed by atoms with van der Waals surface area (Å²) in [4.78, 5) is 0. The molecule has 1 atom stereocenters.